The molecule has 0 saturated carbocycles. The van der Waals surface area contributed by atoms with Crippen molar-refractivity contribution in [1.29, 1.82) is 5.26 Å². The minimum absolute atomic E-state index is 0.0475. The number of halogens is 1. The van der Waals surface area contributed by atoms with E-state index in [1.54, 1.807) is 0 Å². The predicted molar refractivity (Wildman–Crippen MR) is 77.1 cm³/mol. The molecule has 0 spiro atoms. The molecule has 1 aromatic rings. The van der Waals surface area contributed by atoms with Crippen LogP contribution in [0.5, 0.6) is 0 Å². The number of benzene rings is 1. The van der Waals surface area contributed by atoms with Crippen LogP contribution in [0.15, 0.2) is 23.1 Å². The number of rotatable bonds is 7. The van der Waals surface area contributed by atoms with Gasteiger partial charge in [-0.3, -0.25) is 0 Å². The van der Waals surface area contributed by atoms with Gasteiger partial charge in [-0.05, 0) is 38.5 Å². The average molecular weight is 317 g/mol. The van der Waals surface area contributed by atoms with Crippen LogP contribution in [0.25, 0.3) is 0 Å². The molecule has 0 amide bonds. The lowest BCUT2D eigenvalue weighted by Gasteiger charge is -2.09. The SMILES string of the molecule is CC(C)OCCCNS(=O)(=O)c1ccc(C#N)c(Cl)c1. The summed E-state index contributed by atoms with van der Waals surface area (Å²) in [5.74, 6) is 0. The number of sulfonamides is 1. The molecule has 20 heavy (non-hydrogen) atoms. The summed E-state index contributed by atoms with van der Waals surface area (Å²) in [5, 5.41) is 8.87. The first kappa shape index (κ1) is 16.9. The molecular weight excluding hydrogens is 300 g/mol. The predicted octanol–water partition coefficient (Wildman–Crippen LogP) is 2.31. The van der Waals surface area contributed by atoms with E-state index in [1.165, 1.54) is 18.2 Å². The van der Waals surface area contributed by atoms with Gasteiger partial charge in [0, 0.05) is 13.2 Å². The van der Waals surface area contributed by atoms with Crippen LogP contribution in [0.2, 0.25) is 5.02 Å². The monoisotopic (exact) mass is 316 g/mol. The first-order valence-electron chi connectivity index (χ1n) is 6.17. The normalized spacial score (nSPS) is 11.6. The Morgan fingerprint density at radius 2 is 2.15 bits per heavy atom. The van der Waals surface area contributed by atoms with Crippen molar-refractivity contribution in [2.75, 3.05) is 13.2 Å². The number of hydrogen-bond acceptors (Lipinski definition) is 4. The van der Waals surface area contributed by atoms with Gasteiger partial charge in [0.15, 0.2) is 0 Å². The van der Waals surface area contributed by atoms with Crippen molar-refractivity contribution >= 4 is 21.6 Å². The van der Waals surface area contributed by atoms with Gasteiger partial charge in [-0.25, -0.2) is 13.1 Å². The summed E-state index contributed by atoms with van der Waals surface area (Å²) in [6.07, 6.45) is 0.713. The zero-order valence-electron chi connectivity index (χ0n) is 11.4. The summed E-state index contributed by atoms with van der Waals surface area (Å²) >= 11 is 5.82. The van der Waals surface area contributed by atoms with Gasteiger partial charge in [0.25, 0.3) is 0 Å². The van der Waals surface area contributed by atoms with Crippen LogP contribution >= 0.6 is 11.6 Å². The Morgan fingerprint density at radius 1 is 1.45 bits per heavy atom. The average Bonchev–Trinajstić information content (AvgIpc) is 2.37. The Hall–Kier alpha value is -1.13. The Morgan fingerprint density at radius 3 is 2.70 bits per heavy atom. The topological polar surface area (TPSA) is 79.2 Å². The first-order valence-corrected chi connectivity index (χ1v) is 8.04. The molecule has 0 radical (unpaired) electrons. The second-order valence-electron chi connectivity index (χ2n) is 4.42. The molecule has 0 atom stereocenters. The molecule has 7 heteroatoms. The van der Waals surface area contributed by atoms with Gasteiger partial charge < -0.3 is 4.74 Å². The lowest BCUT2D eigenvalue weighted by atomic mass is 10.2. The van der Waals surface area contributed by atoms with Crippen molar-refractivity contribution in [3.8, 4) is 6.07 Å². The third-order valence-corrected chi connectivity index (χ3v) is 4.21. The fourth-order valence-electron chi connectivity index (χ4n) is 1.43. The highest BCUT2D eigenvalue weighted by atomic mass is 35.5. The van der Waals surface area contributed by atoms with E-state index in [2.05, 4.69) is 4.72 Å². The molecule has 5 nitrogen and oxygen atoms in total. The molecular formula is C13H17ClN2O3S. The lowest BCUT2D eigenvalue weighted by Crippen LogP contribution is -2.25. The molecule has 0 aliphatic heterocycles. The zero-order valence-corrected chi connectivity index (χ0v) is 13.0. The Labute approximate surface area is 124 Å². The van der Waals surface area contributed by atoms with Crippen LogP contribution in [0.1, 0.15) is 25.8 Å². The van der Waals surface area contributed by atoms with Crippen LogP contribution in [-0.4, -0.2) is 27.7 Å². The fraction of sp³-hybridized carbons (Fsp3) is 0.462. The van der Waals surface area contributed by atoms with E-state index >= 15 is 0 Å². The van der Waals surface area contributed by atoms with Crippen molar-refractivity contribution in [2.45, 2.75) is 31.3 Å². The van der Waals surface area contributed by atoms with Crippen molar-refractivity contribution in [3.63, 3.8) is 0 Å². The highest BCUT2D eigenvalue weighted by Gasteiger charge is 2.15. The second-order valence-corrected chi connectivity index (χ2v) is 6.60. The van der Waals surface area contributed by atoms with Crippen LogP contribution in [0, 0.1) is 11.3 Å². The summed E-state index contributed by atoms with van der Waals surface area (Å²) in [6, 6.07) is 5.90. The third kappa shape index (κ3) is 5.10. The lowest BCUT2D eigenvalue weighted by molar-refractivity contribution is 0.0778. The van der Waals surface area contributed by atoms with Crippen LogP contribution < -0.4 is 4.72 Å². The van der Waals surface area contributed by atoms with Gasteiger partial charge in [0.2, 0.25) is 10.0 Å². The zero-order chi connectivity index (χ0) is 15.2. The van der Waals surface area contributed by atoms with E-state index < -0.39 is 10.0 Å². The first-order chi connectivity index (χ1) is 9.36. The van der Waals surface area contributed by atoms with Gasteiger partial charge in [0.05, 0.1) is 21.6 Å². The van der Waals surface area contributed by atoms with Crippen LogP contribution in [-0.2, 0) is 14.8 Å². The number of hydrogen-bond donors (Lipinski definition) is 1. The van der Waals surface area contributed by atoms with Crippen molar-refractivity contribution in [1.82, 2.24) is 4.72 Å². The molecule has 1 rings (SSSR count). The molecule has 0 bridgehead atoms. The Balaban J connectivity index is 2.61. The standard InChI is InChI=1S/C13H17ClN2O3S/c1-10(2)19-7-3-6-16-20(17,18)12-5-4-11(9-15)13(14)8-12/h4-5,8,10,16H,3,6-7H2,1-2H3. The number of nitrogens with one attached hydrogen (secondary N) is 1. The summed E-state index contributed by atoms with van der Waals surface area (Å²) < 4.78 is 31.8. The molecule has 0 aliphatic carbocycles. The van der Waals surface area contributed by atoms with E-state index in [-0.39, 0.29) is 28.1 Å². The molecule has 0 aliphatic rings. The van der Waals surface area contributed by atoms with E-state index in [1.807, 2.05) is 19.9 Å². The van der Waals surface area contributed by atoms with E-state index in [0.717, 1.165) is 0 Å². The smallest absolute Gasteiger partial charge is 0.240 e. The van der Waals surface area contributed by atoms with Gasteiger partial charge in [-0.2, -0.15) is 5.26 Å². The highest BCUT2D eigenvalue weighted by molar-refractivity contribution is 7.89. The maximum atomic E-state index is 12.0. The van der Waals surface area contributed by atoms with Crippen molar-refractivity contribution in [3.05, 3.63) is 28.8 Å². The van der Waals surface area contributed by atoms with Crippen molar-refractivity contribution in [2.24, 2.45) is 0 Å². The maximum absolute atomic E-state index is 12.0. The molecule has 1 N–H and O–H groups in total. The van der Waals surface area contributed by atoms with E-state index in [0.29, 0.717) is 13.0 Å². The molecule has 0 heterocycles. The molecule has 0 saturated heterocycles. The highest BCUT2D eigenvalue weighted by Crippen LogP contribution is 2.19. The van der Waals surface area contributed by atoms with Crippen LogP contribution in [0.4, 0.5) is 0 Å². The Kier molecular flexibility index (Phi) is 6.43. The molecule has 110 valence electrons. The Bertz CT molecular complexity index is 594. The largest absolute Gasteiger partial charge is 0.379 e. The number of ether oxygens (including phenoxy) is 1. The molecule has 0 unspecified atom stereocenters. The van der Waals surface area contributed by atoms with Gasteiger partial charge in [0.1, 0.15) is 6.07 Å². The van der Waals surface area contributed by atoms with E-state index in [4.69, 9.17) is 21.6 Å². The fourth-order valence-corrected chi connectivity index (χ4v) is 2.82. The van der Waals surface area contributed by atoms with Gasteiger partial charge in [-0.15, -0.1) is 0 Å². The molecule has 0 fully saturated rings. The maximum Gasteiger partial charge on any atom is 0.240 e. The van der Waals surface area contributed by atoms with Gasteiger partial charge >= 0.3 is 0 Å². The van der Waals surface area contributed by atoms with Crippen LogP contribution in [0.3, 0.4) is 0 Å². The minimum atomic E-state index is -3.61. The van der Waals surface area contributed by atoms with Gasteiger partial charge in [-0.1, -0.05) is 11.6 Å². The summed E-state index contributed by atoms with van der Waals surface area (Å²) in [5.41, 5.74) is 0.246. The van der Waals surface area contributed by atoms with E-state index in [9.17, 15) is 8.42 Å². The molecule has 1 aromatic carbocycles. The second kappa shape index (κ2) is 7.60. The summed E-state index contributed by atoms with van der Waals surface area (Å²) in [4.78, 5) is 0.0475. The third-order valence-electron chi connectivity index (χ3n) is 2.44. The summed E-state index contributed by atoms with van der Waals surface area (Å²) in [6.45, 7) is 4.62. The minimum Gasteiger partial charge on any atom is -0.379 e. The summed E-state index contributed by atoms with van der Waals surface area (Å²) in [7, 11) is -3.61. The van der Waals surface area contributed by atoms with Crippen molar-refractivity contribution < 1.29 is 13.2 Å². The number of nitrogens with zero attached hydrogens (tertiary/aromatic N) is 1. The molecule has 0 aromatic heterocycles. The number of nitriles is 1. The quantitative estimate of drug-likeness (QED) is 0.783.